The number of rotatable bonds is 5. The van der Waals surface area contributed by atoms with Crippen molar-refractivity contribution in [2.24, 2.45) is 0 Å². The first-order chi connectivity index (χ1) is 14.4. The van der Waals surface area contributed by atoms with Crippen LogP contribution >= 0.6 is 22.9 Å². The first kappa shape index (κ1) is 19.7. The second kappa shape index (κ2) is 8.05. The van der Waals surface area contributed by atoms with Crippen LogP contribution in [0.2, 0.25) is 5.02 Å². The van der Waals surface area contributed by atoms with Crippen LogP contribution in [-0.4, -0.2) is 20.4 Å². The van der Waals surface area contributed by atoms with Gasteiger partial charge in [0.05, 0.1) is 16.8 Å². The lowest BCUT2D eigenvalue weighted by molar-refractivity contribution is -0.383. The molecule has 0 aliphatic rings. The molecule has 1 N–H and O–H groups in total. The number of fused-ring (bicyclic) bond motifs is 1. The molecule has 0 bridgehead atoms. The number of hydrogen-bond donors (Lipinski definition) is 1. The van der Waals surface area contributed by atoms with E-state index in [0.717, 1.165) is 10.4 Å². The quantitative estimate of drug-likeness (QED) is 0.367. The Kier molecular flexibility index (Phi) is 5.30. The lowest BCUT2D eigenvalue weighted by Crippen LogP contribution is -2.27. The van der Waals surface area contributed by atoms with Crippen LogP contribution in [0.4, 0.5) is 11.4 Å². The summed E-state index contributed by atoms with van der Waals surface area (Å²) in [4.78, 5) is 40.8. The largest absolute Gasteiger partial charge is 0.319 e. The first-order valence-corrected chi connectivity index (χ1v) is 9.90. The number of carbonyl (C=O) groups is 1. The number of nitrogens with zero attached hydrogens (tertiary/aromatic N) is 3. The zero-order valence-corrected chi connectivity index (χ0v) is 16.8. The zero-order valence-electron chi connectivity index (χ0n) is 15.2. The standard InChI is InChI=1S/C20H13ClN4O4S/c21-13-7-5-12(6-8-13)17-9-15-19(30-17)20(27)24(11-22-15)10-18(26)23-14-3-1-2-4-16(14)25(28)29/h1-9,11H,10H2,(H,23,26). The zero-order chi connectivity index (χ0) is 21.3. The van der Waals surface area contributed by atoms with Gasteiger partial charge in [-0.3, -0.25) is 24.3 Å². The van der Waals surface area contributed by atoms with E-state index in [9.17, 15) is 19.7 Å². The van der Waals surface area contributed by atoms with Gasteiger partial charge in [-0.15, -0.1) is 11.3 Å². The predicted molar refractivity (Wildman–Crippen MR) is 116 cm³/mol. The molecule has 10 heteroatoms. The van der Waals surface area contributed by atoms with Crippen molar-refractivity contribution in [1.82, 2.24) is 9.55 Å². The lowest BCUT2D eigenvalue weighted by Gasteiger charge is -2.07. The normalized spacial score (nSPS) is 10.8. The summed E-state index contributed by atoms with van der Waals surface area (Å²) < 4.78 is 1.59. The molecule has 0 aliphatic carbocycles. The molecule has 30 heavy (non-hydrogen) atoms. The summed E-state index contributed by atoms with van der Waals surface area (Å²) in [5.74, 6) is -0.568. The summed E-state index contributed by atoms with van der Waals surface area (Å²) in [6.07, 6.45) is 1.29. The van der Waals surface area contributed by atoms with E-state index in [4.69, 9.17) is 11.6 Å². The number of hydrogen-bond acceptors (Lipinski definition) is 6. The van der Waals surface area contributed by atoms with E-state index >= 15 is 0 Å². The van der Waals surface area contributed by atoms with E-state index in [1.807, 2.05) is 18.2 Å². The fourth-order valence-corrected chi connectivity index (χ4v) is 4.09. The number of carbonyl (C=O) groups excluding carboxylic acids is 1. The average Bonchev–Trinajstić information content (AvgIpc) is 3.16. The Morgan fingerprint density at radius 3 is 2.67 bits per heavy atom. The van der Waals surface area contributed by atoms with Gasteiger partial charge < -0.3 is 5.32 Å². The Bertz CT molecular complexity index is 1330. The van der Waals surface area contributed by atoms with Crippen LogP contribution in [-0.2, 0) is 11.3 Å². The molecule has 2 aromatic heterocycles. The van der Waals surface area contributed by atoms with Crippen LogP contribution in [0.25, 0.3) is 20.7 Å². The molecule has 0 saturated carbocycles. The molecule has 8 nitrogen and oxygen atoms in total. The number of benzene rings is 2. The molecule has 1 amide bonds. The van der Waals surface area contributed by atoms with Gasteiger partial charge in [0.25, 0.3) is 11.2 Å². The summed E-state index contributed by atoms with van der Waals surface area (Å²) in [5, 5.41) is 14.2. The van der Waals surface area contributed by atoms with Crippen LogP contribution in [0.15, 0.2) is 65.7 Å². The topological polar surface area (TPSA) is 107 Å². The second-order valence-electron chi connectivity index (χ2n) is 6.33. The van der Waals surface area contributed by atoms with Crippen LogP contribution in [0, 0.1) is 10.1 Å². The van der Waals surface area contributed by atoms with Gasteiger partial charge in [0.1, 0.15) is 16.9 Å². The SMILES string of the molecule is O=C(Cn1cnc2cc(-c3ccc(Cl)cc3)sc2c1=O)Nc1ccccc1[N+](=O)[O-]. The lowest BCUT2D eigenvalue weighted by atomic mass is 10.2. The van der Waals surface area contributed by atoms with Crippen LogP contribution in [0.3, 0.4) is 0 Å². The Balaban J connectivity index is 1.60. The summed E-state index contributed by atoms with van der Waals surface area (Å²) >= 11 is 7.19. The van der Waals surface area contributed by atoms with Crippen LogP contribution < -0.4 is 10.9 Å². The Hall–Kier alpha value is -3.56. The van der Waals surface area contributed by atoms with Crippen molar-refractivity contribution >= 4 is 50.4 Å². The highest BCUT2D eigenvalue weighted by molar-refractivity contribution is 7.22. The number of halogens is 1. The number of nitro groups is 1. The van der Waals surface area contributed by atoms with E-state index < -0.39 is 10.8 Å². The van der Waals surface area contributed by atoms with E-state index in [1.54, 1.807) is 18.2 Å². The average molecular weight is 441 g/mol. The minimum Gasteiger partial charge on any atom is -0.319 e. The molecular formula is C20H13ClN4O4S. The second-order valence-corrected chi connectivity index (χ2v) is 7.82. The van der Waals surface area contributed by atoms with Gasteiger partial charge in [-0.25, -0.2) is 4.98 Å². The third kappa shape index (κ3) is 3.93. The third-order valence-electron chi connectivity index (χ3n) is 4.32. The molecule has 4 rings (SSSR count). The van der Waals surface area contributed by atoms with Crippen molar-refractivity contribution in [2.45, 2.75) is 6.54 Å². The fraction of sp³-hybridized carbons (Fsp3) is 0.0500. The summed E-state index contributed by atoms with van der Waals surface area (Å²) in [7, 11) is 0. The maximum absolute atomic E-state index is 12.8. The van der Waals surface area contributed by atoms with Crippen molar-refractivity contribution in [3.05, 3.63) is 86.4 Å². The van der Waals surface area contributed by atoms with Gasteiger partial charge in [0.15, 0.2) is 0 Å². The predicted octanol–water partition coefficient (Wildman–Crippen LogP) is 4.33. The monoisotopic (exact) mass is 440 g/mol. The Morgan fingerprint density at radius 2 is 1.93 bits per heavy atom. The summed E-state index contributed by atoms with van der Waals surface area (Å²) in [6, 6.07) is 14.8. The molecule has 2 heterocycles. The molecule has 4 aromatic rings. The highest BCUT2D eigenvalue weighted by atomic mass is 35.5. The molecule has 2 aromatic carbocycles. The molecular weight excluding hydrogens is 428 g/mol. The number of nitro benzene ring substituents is 1. The summed E-state index contributed by atoms with van der Waals surface area (Å²) in [6.45, 7) is -0.317. The molecule has 0 radical (unpaired) electrons. The van der Waals surface area contributed by atoms with E-state index in [0.29, 0.717) is 15.2 Å². The van der Waals surface area contributed by atoms with E-state index in [2.05, 4.69) is 10.3 Å². The maximum atomic E-state index is 12.8. The van der Waals surface area contributed by atoms with Gasteiger partial charge in [0.2, 0.25) is 5.91 Å². The molecule has 0 fully saturated rings. The smallest absolute Gasteiger partial charge is 0.292 e. The molecule has 150 valence electrons. The molecule has 0 atom stereocenters. The van der Waals surface area contributed by atoms with Crippen molar-refractivity contribution in [3.8, 4) is 10.4 Å². The minimum atomic E-state index is -0.584. The van der Waals surface area contributed by atoms with Gasteiger partial charge in [0, 0.05) is 16.0 Å². The van der Waals surface area contributed by atoms with Gasteiger partial charge in [-0.05, 0) is 29.8 Å². The highest BCUT2D eigenvalue weighted by Crippen LogP contribution is 2.31. The molecule has 0 aliphatic heterocycles. The number of aromatic nitrogens is 2. The van der Waals surface area contributed by atoms with Crippen molar-refractivity contribution in [2.75, 3.05) is 5.32 Å². The van der Waals surface area contributed by atoms with Gasteiger partial charge in [-0.2, -0.15) is 0 Å². The van der Waals surface area contributed by atoms with E-state index in [1.165, 1.54) is 40.4 Å². The minimum absolute atomic E-state index is 0.0655. The van der Waals surface area contributed by atoms with Crippen LogP contribution in [0.1, 0.15) is 0 Å². The van der Waals surface area contributed by atoms with Crippen molar-refractivity contribution in [1.29, 1.82) is 0 Å². The Morgan fingerprint density at radius 1 is 1.20 bits per heavy atom. The molecule has 0 spiro atoms. The third-order valence-corrected chi connectivity index (χ3v) is 5.73. The Labute approximate surface area is 178 Å². The van der Waals surface area contributed by atoms with Gasteiger partial charge in [-0.1, -0.05) is 35.9 Å². The number of anilines is 1. The van der Waals surface area contributed by atoms with Crippen molar-refractivity contribution < 1.29 is 9.72 Å². The number of thiophene rings is 1. The first-order valence-electron chi connectivity index (χ1n) is 8.70. The fourth-order valence-electron chi connectivity index (χ4n) is 2.90. The van der Waals surface area contributed by atoms with E-state index in [-0.39, 0.29) is 23.5 Å². The van der Waals surface area contributed by atoms with Crippen LogP contribution in [0.5, 0.6) is 0 Å². The summed E-state index contributed by atoms with van der Waals surface area (Å²) in [5.41, 5.74) is 0.920. The molecule has 0 saturated heterocycles. The number of amides is 1. The molecule has 0 unspecified atom stereocenters. The van der Waals surface area contributed by atoms with Crippen molar-refractivity contribution in [3.63, 3.8) is 0 Å². The number of para-hydroxylation sites is 2. The maximum Gasteiger partial charge on any atom is 0.292 e. The number of nitrogens with one attached hydrogen (secondary N) is 1. The highest BCUT2D eigenvalue weighted by Gasteiger charge is 2.16. The van der Waals surface area contributed by atoms with Gasteiger partial charge >= 0.3 is 0 Å².